The molecule has 43 heavy (non-hydrogen) atoms. The molecule has 220 valence electrons. The molecule has 1 fully saturated rings. The zero-order chi connectivity index (χ0) is 30.3. The van der Waals surface area contributed by atoms with Crippen molar-refractivity contribution in [2.24, 2.45) is 0 Å². The van der Waals surface area contributed by atoms with Crippen LogP contribution < -0.4 is 14.2 Å². The van der Waals surface area contributed by atoms with Crippen molar-refractivity contribution in [2.45, 2.75) is 36.9 Å². The predicted molar refractivity (Wildman–Crippen MR) is 146 cm³/mol. The quantitative estimate of drug-likeness (QED) is 0.316. The lowest BCUT2D eigenvalue weighted by Gasteiger charge is -2.32. The lowest BCUT2D eigenvalue weighted by Crippen LogP contribution is -2.36. The first kappa shape index (κ1) is 27.1. The van der Waals surface area contributed by atoms with Crippen molar-refractivity contribution in [2.75, 3.05) is 28.4 Å². The third kappa shape index (κ3) is 3.49. The van der Waals surface area contributed by atoms with E-state index in [0.29, 0.717) is 29.7 Å². The van der Waals surface area contributed by atoms with E-state index in [1.807, 2.05) is 0 Å². The van der Waals surface area contributed by atoms with E-state index < -0.39 is 41.2 Å². The molecule has 11 nitrogen and oxygen atoms in total. The van der Waals surface area contributed by atoms with Gasteiger partial charge in [0, 0.05) is 28.7 Å². The van der Waals surface area contributed by atoms with Crippen molar-refractivity contribution in [3.63, 3.8) is 0 Å². The highest BCUT2D eigenvalue weighted by atomic mass is 16.8. The Hall–Kier alpha value is -4.74. The first-order chi connectivity index (χ1) is 20.7. The lowest BCUT2D eigenvalue weighted by atomic mass is 9.77. The Bertz CT molecular complexity index is 1780. The number of esters is 2. The molecule has 0 amide bonds. The molecule has 7 rings (SSSR count). The van der Waals surface area contributed by atoms with Crippen LogP contribution >= 0.6 is 0 Å². The fourth-order valence-electron chi connectivity index (χ4n) is 6.76. The van der Waals surface area contributed by atoms with Crippen LogP contribution in [0.25, 0.3) is 0 Å². The first-order valence-corrected chi connectivity index (χ1v) is 13.6. The summed E-state index contributed by atoms with van der Waals surface area (Å²) in [6.45, 7) is 0. The van der Waals surface area contributed by atoms with Gasteiger partial charge in [-0.15, -0.1) is 0 Å². The second-order valence-corrected chi connectivity index (χ2v) is 10.6. The van der Waals surface area contributed by atoms with E-state index >= 15 is 0 Å². The van der Waals surface area contributed by atoms with Crippen LogP contribution in [-0.2, 0) is 35.3 Å². The summed E-state index contributed by atoms with van der Waals surface area (Å²) in [5, 5.41) is 0. The number of ether oxygens (including phenoxy) is 7. The Morgan fingerprint density at radius 3 is 2.28 bits per heavy atom. The molecule has 3 aromatic rings. The van der Waals surface area contributed by atoms with E-state index in [4.69, 9.17) is 33.2 Å². The van der Waals surface area contributed by atoms with Gasteiger partial charge in [-0.2, -0.15) is 0 Å². The molecule has 0 radical (unpaired) electrons. The molecule has 3 atom stereocenters. The molecule has 4 aliphatic rings. The summed E-state index contributed by atoms with van der Waals surface area (Å²) in [5.41, 5.74) is 0.951. The topological polar surface area (TPSA) is 133 Å². The lowest BCUT2D eigenvalue weighted by molar-refractivity contribution is -0.314. The minimum Gasteiger partial charge on any atom is -0.496 e. The van der Waals surface area contributed by atoms with Crippen LogP contribution in [0.15, 0.2) is 42.5 Å². The third-order valence-electron chi connectivity index (χ3n) is 8.54. The second-order valence-electron chi connectivity index (χ2n) is 10.6. The third-order valence-corrected chi connectivity index (χ3v) is 8.54. The summed E-state index contributed by atoms with van der Waals surface area (Å²) in [6.07, 6.45) is 0.147. The molecule has 11 heteroatoms. The van der Waals surface area contributed by atoms with Crippen LogP contribution in [0.1, 0.15) is 78.2 Å². The van der Waals surface area contributed by atoms with E-state index in [-0.39, 0.29) is 51.3 Å². The molecule has 0 aromatic heterocycles. The molecule has 3 heterocycles. The van der Waals surface area contributed by atoms with Gasteiger partial charge in [-0.05, 0) is 24.6 Å². The Morgan fingerprint density at radius 2 is 1.56 bits per heavy atom. The number of benzene rings is 3. The van der Waals surface area contributed by atoms with E-state index in [0.717, 1.165) is 0 Å². The molecule has 0 bridgehead atoms. The molecule has 3 aliphatic heterocycles. The van der Waals surface area contributed by atoms with Crippen LogP contribution in [0.3, 0.4) is 0 Å². The summed E-state index contributed by atoms with van der Waals surface area (Å²) in [4.78, 5) is 54.2. The van der Waals surface area contributed by atoms with Crippen LogP contribution in [-0.4, -0.2) is 58.0 Å². The van der Waals surface area contributed by atoms with Gasteiger partial charge in [-0.3, -0.25) is 19.1 Å². The van der Waals surface area contributed by atoms with Crippen molar-refractivity contribution in [3.05, 3.63) is 87.0 Å². The summed E-state index contributed by atoms with van der Waals surface area (Å²) in [6, 6.07) is 11.3. The van der Waals surface area contributed by atoms with Crippen molar-refractivity contribution in [1.29, 1.82) is 0 Å². The van der Waals surface area contributed by atoms with Gasteiger partial charge in [0.1, 0.15) is 22.8 Å². The van der Waals surface area contributed by atoms with Crippen LogP contribution in [0.5, 0.6) is 17.2 Å². The molecule has 2 spiro atoms. The minimum absolute atomic E-state index is 0.0168. The van der Waals surface area contributed by atoms with Gasteiger partial charge in [0.25, 0.3) is 5.79 Å². The Balaban J connectivity index is 1.51. The molecular weight excluding hydrogens is 560 g/mol. The summed E-state index contributed by atoms with van der Waals surface area (Å²) in [5.74, 6) is -5.25. The maximum Gasteiger partial charge on any atom is 0.345 e. The second kappa shape index (κ2) is 9.38. The average molecular weight is 587 g/mol. The molecule has 0 N–H and O–H groups in total. The maximum absolute atomic E-state index is 14.4. The standard InChI is InChI=1S/C32H26O11/c1-37-19-9-5-7-16-23(19)29(35)24-17(28(16)34)14-21(39-3)25-27(24)32(42-30(25)36)26-18(8-6-10-20(26)38-2)31(43-32)12-11-15(41-31)13-22(33)40-4/h5-10,14-15H,11-13H2,1-4H3. The molecule has 1 saturated heterocycles. The fourth-order valence-corrected chi connectivity index (χ4v) is 6.76. The monoisotopic (exact) mass is 586 g/mol. The highest BCUT2D eigenvalue weighted by Gasteiger charge is 2.67. The van der Waals surface area contributed by atoms with Crippen LogP contribution in [0.2, 0.25) is 0 Å². The van der Waals surface area contributed by atoms with Crippen molar-refractivity contribution in [1.82, 2.24) is 0 Å². The zero-order valence-electron chi connectivity index (χ0n) is 23.7. The summed E-state index contributed by atoms with van der Waals surface area (Å²) >= 11 is 0. The number of hydrogen-bond donors (Lipinski definition) is 0. The van der Waals surface area contributed by atoms with E-state index in [9.17, 15) is 19.2 Å². The number of methoxy groups -OCH3 is 4. The Morgan fingerprint density at radius 1 is 0.837 bits per heavy atom. The number of rotatable bonds is 5. The van der Waals surface area contributed by atoms with Gasteiger partial charge in [-0.1, -0.05) is 24.3 Å². The van der Waals surface area contributed by atoms with E-state index in [2.05, 4.69) is 0 Å². The van der Waals surface area contributed by atoms with E-state index in [1.54, 1.807) is 36.4 Å². The highest BCUT2D eigenvalue weighted by molar-refractivity contribution is 6.31. The van der Waals surface area contributed by atoms with Gasteiger partial charge < -0.3 is 28.4 Å². The SMILES string of the molecule is COC(=O)CC1CCC2(O1)OC1(OC(=O)c3c(OC)cc4c(c31)C(=O)c1c(OC)cccc1C4=O)c1c(OC)cccc12. The van der Waals surface area contributed by atoms with Crippen LogP contribution in [0.4, 0.5) is 0 Å². The first-order valence-electron chi connectivity index (χ1n) is 13.6. The minimum atomic E-state index is -2.05. The molecule has 3 aromatic carbocycles. The highest BCUT2D eigenvalue weighted by Crippen LogP contribution is 2.63. The smallest absolute Gasteiger partial charge is 0.345 e. The van der Waals surface area contributed by atoms with Crippen LogP contribution in [0, 0.1) is 0 Å². The Kier molecular flexibility index (Phi) is 5.92. The molecule has 1 aliphatic carbocycles. The van der Waals surface area contributed by atoms with Crippen molar-refractivity contribution >= 4 is 23.5 Å². The van der Waals surface area contributed by atoms with E-state index in [1.165, 1.54) is 34.5 Å². The van der Waals surface area contributed by atoms with Gasteiger partial charge >= 0.3 is 11.9 Å². The van der Waals surface area contributed by atoms with Crippen molar-refractivity contribution in [3.8, 4) is 17.2 Å². The van der Waals surface area contributed by atoms with Gasteiger partial charge in [0.15, 0.2) is 11.6 Å². The zero-order valence-corrected chi connectivity index (χ0v) is 23.7. The van der Waals surface area contributed by atoms with Crippen molar-refractivity contribution < 1.29 is 52.3 Å². The summed E-state index contributed by atoms with van der Waals surface area (Å²) < 4.78 is 40.9. The fraction of sp³-hybridized carbons (Fsp3) is 0.312. The number of hydrogen-bond acceptors (Lipinski definition) is 11. The number of carbonyl (C=O) groups is 4. The number of ketones is 2. The molecule has 3 unspecified atom stereocenters. The van der Waals surface area contributed by atoms with Gasteiger partial charge in [0.05, 0.1) is 57.7 Å². The number of carbonyl (C=O) groups excluding carboxylic acids is 4. The van der Waals surface area contributed by atoms with Gasteiger partial charge in [-0.25, -0.2) is 4.79 Å². The molecular formula is C32H26O11. The predicted octanol–water partition coefficient (Wildman–Crippen LogP) is 3.78. The average Bonchev–Trinajstić information content (AvgIpc) is 3.65. The Labute approximate surface area is 245 Å². The number of fused-ring (bicyclic) bond motifs is 8. The molecule has 0 saturated carbocycles. The normalized spacial score (nSPS) is 24.4. The van der Waals surface area contributed by atoms with Gasteiger partial charge in [0.2, 0.25) is 5.79 Å². The largest absolute Gasteiger partial charge is 0.496 e. The summed E-state index contributed by atoms with van der Waals surface area (Å²) in [7, 11) is 5.52. The maximum atomic E-state index is 14.4.